The molecule has 0 fully saturated rings. The molecule has 3 heteroatoms. The van der Waals surface area contributed by atoms with Crippen molar-refractivity contribution in [3.05, 3.63) is 138 Å². The lowest BCUT2D eigenvalue weighted by atomic mass is 9.83. The van der Waals surface area contributed by atoms with E-state index in [0.29, 0.717) is 0 Å². The largest absolute Gasteiger partial charge is 0.378 e. The number of hydrogen-bond acceptors (Lipinski definition) is 2. The smallest absolute Gasteiger partial charge is 0.213 e. The van der Waals surface area contributed by atoms with E-state index in [9.17, 15) is 0 Å². The van der Waals surface area contributed by atoms with Gasteiger partial charge in [-0.05, 0) is 64.2 Å². The number of rotatable bonds is 5. The molecule has 1 aliphatic rings. The molecule has 0 saturated carbocycles. The maximum absolute atomic E-state index is 2.28. The van der Waals surface area contributed by atoms with Gasteiger partial charge in [-0.3, -0.25) is 0 Å². The molecule has 0 aliphatic heterocycles. The molecule has 0 amide bonds. The molecule has 184 valence electrons. The van der Waals surface area contributed by atoms with Gasteiger partial charge in [0.15, 0.2) is 0 Å². The first kappa shape index (κ1) is 24.3. The summed E-state index contributed by atoms with van der Waals surface area (Å²) in [7, 11) is 10.5. The van der Waals surface area contributed by atoms with Crippen LogP contribution in [0.1, 0.15) is 22.3 Å². The highest BCUT2D eigenvalue weighted by atomic mass is 15.1. The predicted molar refractivity (Wildman–Crippen MR) is 159 cm³/mol. The van der Waals surface area contributed by atoms with Gasteiger partial charge in [-0.15, -0.1) is 0 Å². The second-order valence-electron chi connectivity index (χ2n) is 9.83. The third-order valence-electron chi connectivity index (χ3n) is 7.02. The number of allylic oxidation sites excluding steroid dienone is 3. The molecule has 0 N–H and O–H groups in total. The fraction of sp³-hybridized carbons (Fsp3) is 0.147. The number of nitrogens with zero attached hydrogens (tertiary/aromatic N) is 3. The quantitative estimate of drug-likeness (QED) is 0.279. The van der Waals surface area contributed by atoms with E-state index < -0.39 is 0 Å². The number of anilines is 2. The minimum absolute atomic E-state index is 1.17. The van der Waals surface area contributed by atoms with E-state index >= 15 is 0 Å². The van der Waals surface area contributed by atoms with Crippen LogP contribution >= 0.6 is 0 Å². The van der Waals surface area contributed by atoms with E-state index in [2.05, 4.69) is 165 Å². The molecule has 0 radical (unpaired) electrons. The van der Waals surface area contributed by atoms with Gasteiger partial charge in [-0.1, -0.05) is 60.7 Å². The Hall–Kier alpha value is -4.37. The van der Waals surface area contributed by atoms with Gasteiger partial charge in [-0.25, -0.2) is 0 Å². The third kappa shape index (κ3) is 4.85. The Labute approximate surface area is 220 Å². The van der Waals surface area contributed by atoms with Gasteiger partial charge in [0.1, 0.15) is 7.05 Å². The van der Waals surface area contributed by atoms with Crippen molar-refractivity contribution >= 4 is 33.9 Å². The highest BCUT2D eigenvalue weighted by molar-refractivity contribution is 6.17. The van der Waals surface area contributed by atoms with E-state index in [4.69, 9.17) is 0 Å². The fourth-order valence-electron chi connectivity index (χ4n) is 4.91. The molecule has 0 bridgehead atoms. The van der Waals surface area contributed by atoms with Crippen molar-refractivity contribution in [2.24, 2.45) is 0 Å². The first-order valence-corrected chi connectivity index (χ1v) is 12.7. The summed E-state index contributed by atoms with van der Waals surface area (Å²) < 4.78 is 2.27. The van der Waals surface area contributed by atoms with Gasteiger partial charge in [0, 0.05) is 57.8 Å². The SMILES string of the molecule is CN(C)c1ccc(C(=C2C=CC(=[N+](C)c3ccccc3)c3ccccc32)c2ccc(N(C)C)cc2)cc1. The summed E-state index contributed by atoms with van der Waals surface area (Å²) in [4.78, 5) is 4.28. The van der Waals surface area contributed by atoms with Crippen LogP contribution in [0.5, 0.6) is 0 Å². The molecule has 0 spiro atoms. The Bertz CT molecular complexity index is 1430. The van der Waals surface area contributed by atoms with Gasteiger partial charge in [0.05, 0.1) is 5.56 Å². The van der Waals surface area contributed by atoms with Crippen molar-refractivity contribution in [2.45, 2.75) is 0 Å². The van der Waals surface area contributed by atoms with Gasteiger partial charge in [0.25, 0.3) is 0 Å². The van der Waals surface area contributed by atoms with E-state index in [-0.39, 0.29) is 0 Å². The summed E-state index contributed by atoms with van der Waals surface area (Å²) in [5.74, 6) is 0. The van der Waals surface area contributed by atoms with Crippen molar-refractivity contribution in [1.82, 2.24) is 0 Å². The maximum atomic E-state index is 2.28. The van der Waals surface area contributed by atoms with Crippen LogP contribution in [0.2, 0.25) is 0 Å². The molecule has 4 aromatic carbocycles. The molecule has 0 saturated heterocycles. The molecule has 4 aromatic rings. The van der Waals surface area contributed by atoms with Crippen LogP contribution in [-0.2, 0) is 0 Å². The molecule has 0 unspecified atom stereocenters. The highest BCUT2D eigenvalue weighted by Crippen LogP contribution is 2.38. The molecule has 1 aliphatic carbocycles. The normalized spacial score (nSPS) is 13.7. The lowest BCUT2D eigenvalue weighted by Gasteiger charge is -2.21. The number of benzene rings is 4. The predicted octanol–water partition coefficient (Wildman–Crippen LogP) is 7.11. The van der Waals surface area contributed by atoms with Crippen molar-refractivity contribution in [3.63, 3.8) is 0 Å². The zero-order chi connectivity index (χ0) is 25.9. The van der Waals surface area contributed by atoms with Crippen molar-refractivity contribution in [1.29, 1.82) is 0 Å². The summed E-state index contributed by atoms with van der Waals surface area (Å²) in [6.45, 7) is 0. The molecular weight excluding hydrogens is 450 g/mol. The van der Waals surface area contributed by atoms with Crippen molar-refractivity contribution in [2.75, 3.05) is 45.0 Å². The Balaban J connectivity index is 1.74. The summed E-state index contributed by atoms with van der Waals surface area (Å²) in [5.41, 5.74) is 12.1. The average molecular weight is 485 g/mol. The van der Waals surface area contributed by atoms with E-state index in [1.165, 1.54) is 56.2 Å². The second-order valence-corrected chi connectivity index (χ2v) is 9.83. The third-order valence-corrected chi connectivity index (χ3v) is 7.02. The molecule has 3 nitrogen and oxygen atoms in total. The van der Waals surface area contributed by atoms with Gasteiger partial charge >= 0.3 is 0 Å². The van der Waals surface area contributed by atoms with E-state index in [0.717, 1.165) is 0 Å². The lowest BCUT2D eigenvalue weighted by Crippen LogP contribution is -2.17. The summed E-state index contributed by atoms with van der Waals surface area (Å²) in [5, 5.41) is 0. The Morgan fingerprint density at radius 3 is 1.54 bits per heavy atom. The first-order chi connectivity index (χ1) is 17.9. The Kier molecular flexibility index (Phi) is 6.78. The second kappa shape index (κ2) is 10.3. The number of hydrogen-bond donors (Lipinski definition) is 0. The van der Waals surface area contributed by atoms with E-state index in [1.54, 1.807) is 0 Å². The van der Waals surface area contributed by atoms with Crippen LogP contribution < -0.4 is 9.80 Å². The zero-order valence-corrected chi connectivity index (χ0v) is 22.3. The van der Waals surface area contributed by atoms with Gasteiger partial charge in [0.2, 0.25) is 11.4 Å². The summed E-state index contributed by atoms with van der Waals surface area (Å²) >= 11 is 0. The first-order valence-electron chi connectivity index (χ1n) is 12.7. The fourth-order valence-corrected chi connectivity index (χ4v) is 4.91. The van der Waals surface area contributed by atoms with Crippen LogP contribution in [0.15, 0.2) is 115 Å². The lowest BCUT2D eigenvalue weighted by molar-refractivity contribution is -0.403. The minimum Gasteiger partial charge on any atom is -0.378 e. The van der Waals surface area contributed by atoms with Crippen molar-refractivity contribution < 1.29 is 4.58 Å². The molecule has 5 rings (SSSR count). The highest BCUT2D eigenvalue weighted by Gasteiger charge is 2.25. The summed E-state index contributed by atoms with van der Waals surface area (Å²) in [6, 6.07) is 37.0. The molecule has 0 heterocycles. The van der Waals surface area contributed by atoms with Crippen LogP contribution in [0.4, 0.5) is 17.1 Å². The van der Waals surface area contributed by atoms with Crippen LogP contribution in [-0.4, -0.2) is 45.5 Å². The van der Waals surface area contributed by atoms with Crippen LogP contribution in [0.25, 0.3) is 11.1 Å². The Morgan fingerprint density at radius 2 is 1.03 bits per heavy atom. The summed E-state index contributed by atoms with van der Waals surface area (Å²) in [6.07, 6.45) is 4.54. The standard InChI is InChI=1S/C34H34N3/c1-35(2)27-19-15-25(16-20-27)34(26-17-21-28(22-18-26)36(3)4)32-23-24-33(31-14-10-9-13-30(31)32)37(5)29-11-7-6-8-12-29/h6-24H,1-5H3/q+1. The minimum atomic E-state index is 1.17. The van der Waals surface area contributed by atoms with E-state index in [1.807, 2.05) is 0 Å². The topological polar surface area (TPSA) is 9.49 Å². The van der Waals surface area contributed by atoms with Gasteiger partial charge in [-0.2, -0.15) is 4.58 Å². The zero-order valence-electron chi connectivity index (χ0n) is 22.3. The van der Waals surface area contributed by atoms with Crippen molar-refractivity contribution in [3.8, 4) is 0 Å². The molecular formula is C34H34N3+. The maximum Gasteiger partial charge on any atom is 0.213 e. The Morgan fingerprint density at radius 1 is 0.541 bits per heavy atom. The number of para-hydroxylation sites is 1. The molecule has 37 heavy (non-hydrogen) atoms. The molecule has 0 atom stereocenters. The van der Waals surface area contributed by atoms with Crippen LogP contribution in [0, 0.1) is 0 Å². The van der Waals surface area contributed by atoms with Crippen LogP contribution in [0.3, 0.4) is 0 Å². The van der Waals surface area contributed by atoms with Gasteiger partial charge < -0.3 is 9.80 Å². The average Bonchev–Trinajstić information content (AvgIpc) is 2.94. The number of fused-ring (bicyclic) bond motifs is 1. The molecule has 0 aromatic heterocycles. The monoisotopic (exact) mass is 484 g/mol.